The molecular formula is C63H85CoN11O17P-. The molecular weight excluding hydrogens is 1270 g/mol. The zero-order valence-electron chi connectivity index (χ0n) is 54.1. The molecule has 8 bridgehead atoms. The Kier molecular flexibility index (Phi) is 23.0. The fourth-order valence-electron chi connectivity index (χ4n) is 15.3. The second-order valence-electron chi connectivity index (χ2n) is 26.8. The number of imidazole rings is 1. The van der Waals surface area contributed by atoms with E-state index in [-0.39, 0.29) is 73.9 Å². The van der Waals surface area contributed by atoms with Crippen molar-refractivity contribution in [1.82, 2.24) is 14.9 Å². The Morgan fingerprint density at radius 3 is 2.01 bits per heavy atom. The molecule has 1 unspecified atom stereocenters. The predicted molar refractivity (Wildman–Crippen MR) is 332 cm³/mol. The van der Waals surface area contributed by atoms with Crippen molar-refractivity contribution in [3.8, 4) is 0 Å². The van der Waals surface area contributed by atoms with Crippen molar-refractivity contribution >= 4 is 77.5 Å². The van der Waals surface area contributed by atoms with Crippen molar-refractivity contribution in [2.24, 2.45) is 77.5 Å². The summed E-state index contributed by atoms with van der Waals surface area (Å²) in [5.41, 5.74) is 17.4. The number of carbonyl (C=O) groups excluding carboxylic acids is 4. The number of aliphatic hydroxyl groups is 2. The summed E-state index contributed by atoms with van der Waals surface area (Å²) in [7, 11) is -5.34. The Labute approximate surface area is 549 Å². The molecule has 6 aliphatic heterocycles. The van der Waals surface area contributed by atoms with E-state index in [2.05, 4.69) is 10.3 Å². The van der Waals surface area contributed by atoms with Crippen LogP contribution in [0.5, 0.6) is 0 Å². The van der Waals surface area contributed by atoms with E-state index in [0.717, 1.165) is 11.1 Å². The Morgan fingerprint density at radius 1 is 0.828 bits per heavy atom. The molecule has 2 fully saturated rings. The van der Waals surface area contributed by atoms with Crippen LogP contribution in [0.3, 0.4) is 0 Å². The van der Waals surface area contributed by atoms with Crippen molar-refractivity contribution in [2.45, 2.75) is 189 Å². The molecule has 0 saturated carbocycles. The molecule has 30 heteroatoms. The Balaban J connectivity index is 0.00000453. The molecule has 0 spiro atoms. The van der Waals surface area contributed by atoms with Gasteiger partial charge < -0.3 is 88.4 Å². The first-order valence-corrected chi connectivity index (χ1v) is 32.0. The van der Waals surface area contributed by atoms with Crippen LogP contribution in [0.2, 0.25) is 0 Å². The minimum Gasteiger partial charge on any atom is -0.756 e. The number of aliphatic carboxylic acids is 3. The molecule has 1 radical (unpaired) electrons. The minimum atomic E-state index is -5.34. The Morgan fingerprint density at radius 2 is 1.43 bits per heavy atom. The Bertz CT molecular complexity index is 3600. The third-order valence-electron chi connectivity index (χ3n) is 20.4. The van der Waals surface area contributed by atoms with Crippen molar-refractivity contribution in [2.75, 3.05) is 13.2 Å². The number of nitrogens with zero attached hydrogens (tertiary/aromatic N) is 7. The van der Waals surface area contributed by atoms with Crippen LogP contribution < -0.4 is 27.4 Å². The number of nitrogens with two attached hydrogens (primary N) is 3. The summed E-state index contributed by atoms with van der Waals surface area (Å²) < 4.78 is 31.8. The van der Waals surface area contributed by atoms with Crippen LogP contribution >= 0.6 is 7.82 Å². The number of rotatable bonds is 26. The molecule has 8 rings (SSSR count). The quantitative estimate of drug-likeness (QED) is 0.0431. The SMILES string of the molecule is C/C1=C2/[N-][C@H]([C@H](CC(=O)O)[C@@]2(C)CCC(=O)NC[C@H](C)OP(=O)([O-])O[C@H]2[C@@H](O)[C@@H](n3cnc4cc(C)c(C)cc43)O[C@@H]2CO)[C@]2(C)N=C(/C(C)=C3N=C(/C=C4N=C1[C@@H](CCC(N)=O)C\4(C)C)[C@@H](CCC(=O)O)[C@]\3(C)CC(N)=O)[C@@H](CCC(=O)O)[C@]2(C)CC(N)=O.[C-]#N.[Co+2]. The topological polar surface area (TPSA) is 471 Å². The van der Waals surface area contributed by atoms with Gasteiger partial charge in [0.25, 0.3) is 7.82 Å². The number of carboxylic acid groups (broad SMARTS) is 3. The van der Waals surface area contributed by atoms with Gasteiger partial charge in [-0.25, -0.2) is 4.98 Å². The summed E-state index contributed by atoms with van der Waals surface area (Å²) >= 11 is 0. The average Bonchev–Trinajstić information content (AvgIpc) is 1.53. The number of aliphatic hydroxyl groups excluding tert-OH is 2. The first kappa shape index (κ1) is 75.0. The van der Waals surface area contributed by atoms with E-state index in [4.69, 9.17) is 63.1 Å². The van der Waals surface area contributed by atoms with Gasteiger partial charge >= 0.3 is 34.7 Å². The number of benzene rings is 1. The molecule has 1 aromatic heterocycles. The van der Waals surface area contributed by atoms with E-state index in [9.17, 15) is 68.6 Å². The molecule has 4 amide bonds. The molecule has 93 heavy (non-hydrogen) atoms. The molecule has 2 saturated heterocycles. The molecule has 12 N–H and O–H groups in total. The number of aromatic nitrogens is 2. The van der Waals surface area contributed by atoms with Gasteiger partial charge in [0.2, 0.25) is 23.6 Å². The van der Waals surface area contributed by atoms with Gasteiger partial charge in [0, 0.05) is 108 Å². The number of carbonyl (C=O) groups is 7. The van der Waals surface area contributed by atoms with Crippen molar-refractivity contribution < 1.29 is 99.1 Å². The van der Waals surface area contributed by atoms with Gasteiger partial charge in [0.1, 0.15) is 18.3 Å². The van der Waals surface area contributed by atoms with E-state index < -0.39 is 169 Å². The maximum atomic E-state index is 14.3. The number of fused-ring (bicyclic) bond motifs is 7. The number of aryl methyl sites for hydroxylation is 2. The number of amides is 4. The van der Waals surface area contributed by atoms with E-state index in [1.54, 1.807) is 47.6 Å². The second-order valence-corrected chi connectivity index (χ2v) is 28.1. The number of allylic oxidation sites excluding steroid dienone is 6. The molecule has 2 aromatic rings. The summed E-state index contributed by atoms with van der Waals surface area (Å²) in [6, 6.07) is 2.51. The van der Waals surface area contributed by atoms with Crippen LogP contribution in [0, 0.1) is 71.0 Å². The fraction of sp³-hybridized carbons (Fsp3) is 0.619. The first-order valence-electron chi connectivity index (χ1n) is 30.5. The number of primary amides is 3. The smallest absolute Gasteiger partial charge is 0.756 e. The zero-order chi connectivity index (χ0) is 68.7. The number of aliphatic imine (C=N–C) groups is 3. The van der Waals surface area contributed by atoms with Crippen molar-refractivity contribution in [3.05, 3.63) is 75.8 Å². The molecule has 1 aromatic carbocycles. The third-order valence-corrected chi connectivity index (χ3v) is 21.5. The van der Waals surface area contributed by atoms with Gasteiger partial charge in [-0.05, 0) is 119 Å². The van der Waals surface area contributed by atoms with Crippen LogP contribution in [-0.4, -0.2) is 143 Å². The number of ether oxygens (including phenoxy) is 1. The van der Waals surface area contributed by atoms with E-state index in [1.807, 2.05) is 39.8 Å². The third kappa shape index (κ3) is 14.6. The van der Waals surface area contributed by atoms with Crippen LogP contribution in [0.1, 0.15) is 150 Å². The fourth-order valence-corrected chi connectivity index (χ4v) is 16.4. The zero-order valence-corrected chi connectivity index (χ0v) is 56.0. The van der Waals surface area contributed by atoms with Crippen LogP contribution in [-0.2, 0) is 68.7 Å². The summed E-state index contributed by atoms with van der Waals surface area (Å²) in [6.07, 6.45) is -6.43. The number of phosphoric acid groups is 1. The van der Waals surface area contributed by atoms with Crippen LogP contribution in [0.15, 0.2) is 67.8 Å². The predicted octanol–water partition coefficient (Wildman–Crippen LogP) is 5.21. The number of phosphoric ester groups is 1. The summed E-state index contributed by atoms with van der Waals surface area (Å²) in [5, 5.41) is 67.6. The molecule has 7 heterocycles. The summed E-state index contributed by atoms with van der Waals surface area (Å²) in [6.45, 7) is 23.1. The van der Waals surface area contributed by atoms with Gasteiger partial charge in [-0.15, -0.1) is 0 Å². The number of carboxylic acids is 3. The molecule has 15 atom stereocenters. The van der Waals surface area contributed by atoms with Crippen molar-refractivity contribution in [1.29, 1.82) is 5.26 Å². The number of nitrogens with one attached hydrogen (secondary N) is 1. The summed E-state index contributed by atoms with van der Waals surface area (Å²) in [5.74, 6) is -9.65. The largest absolute Gasteiger partial charge is 2.00 e. The monoisotopic (exact) mass is 1360 g/mol. The second kappa shape index (κ2) is 28.5. The molecule has 0 aliphatic carbocycles. The number of hydrogen-bond donors (Lipinski definition) is 9. The van der Waals surface area contributed by atoms with Crippen molar-refractivity contribution in [3.63, 3.8) is 0 Å². The maximum absolute atomic E-state index is 14.3. The van der Waals surface area contributed by atoms with Crippen LogP contribution in [0.4, 0.5) is 0 Å². The standard InChI is InChI=1S/C62H87N10O17P.CN.Co/c1-29-20-39-40(21-30(29)2)72(28-67-39)57-52(84)53(41(27-73)87-57)89-90(85,86)88-31(3)26-66-46(77)18-19-59(8)37(22-49(82)83)56-62(11)61(10,25-45(65)76)36(14-17-48(80)81)51(71-62)33(5)55-60(9,24-44(64)75)34(13-16-47(78)79)38(68-55)23-42-58(6,7)35(12-15-43(63)74)50(69-42)32(4)54(59)70-56;1-2;/h20-21,23,28,31,34-37,41,52-53,56-57,73,84H,12-19,22,24-27H2,1-11H3,(H12,63,64,65,66,68,69,70,71,74,75,76,77,78,79,80,81,82,83,85,86);;/q;-1;+2/p-2/t31-,34+,35+,36+,37-,41+,52+,53+,56+,57-,59+,60-,61-,62-;;/m0../s1. The number of hydrogen-bond acceptors (Lipinski definition) is 19. The molecule has 509 valence electrons. The van der Waals surface area contributed by atoms with E-state index in [1.165, 1.54) is 17.8 Å². The molecule has 6 aliphatic rings. The van der Waals surface area contributed by atoms with Crippen LogP contribution in [0.25, 0.3) is 16.4 Å². The van der Waals surface area contributed by atoms with Gasteiger partial charge in [0.05, 0.1) is 41.3 Å². The normalized spacial score (nSPS) is 33.1. The Hall–Kier alpha value is -7.00. The van der Waals surface area contributed by atoms with Gasteiger partial charge in [-0.1, -0.05) is 40.7 Å². The minimum absolute atomic E-state index is 0. The van der Waals surface area contributed by atoms with E-state index >= 15 is 0 Å². The van der Waals surface area contributed by atoms with Gasteiger partial charge in [-0.2, -0.15) is 5.70 Å². The molecule has 28 nitrogen and oxygen atoms in total. The summed E-state index contributed by atoms with van der Waals surface area (Å²) in [4.78, 5) is 127. The first-order chi connectivity index (χ1) is 42.8. The van der Waals surface area contributed by atoms with Gasteiger partial charge in [-0.3, -0.25) is 53.1 Å². The maximum Gasteiger partial charge on any atom is 2.00 e. The van der Waals surface area contributed by atoms with E-state index in [0.29, 0.717) is 50.7 Å². The average molecular weight is 1360 g/mol. The van der Waals surface area contributed by atoms with Gasteiger partial charge in [0.15, 0.2) is 6.23 Å².